The summed E-state index contributed by atoms with van der Waals surface area (Å²) in [6, 6.07) is 9.72. The number of aliphatic imine (C=N–C) groups is 1. The highest BCUT2D eigenvalue weighted by molar-refractivity contribution is 5.77. The lowest BCUT2D eigenvalue weighted by atomic mass is 9.88. The number of allylic oxidation sites excluding steroid dienone is 1. The first-order valence-electron chi connectivity index (χ1n) is 16.0. The third-order valence-corrected chi connectivity index (χ3v) is 9.36. The van der Waals surface area contributed by atoms with E-state index in [1.807, 2.05) is 13.3 Å². The number of nitrogens with zero attached hydrogens (tertiary/aromatic N) is 3. The molecule has 0 saturated carbocycles. The molecule has 2 fully saturated rings. The summed E-state index contributed by atoms with van der Waals surface area (Å²) in [5.74, 6) is 2.59. The van der Waals surface area contributed by atoms with Gasteiger partial charge in [0.25, 0.3) is 0 Å². The van der Waals surface area contributed by atoms with Crippen LogP contribution in [0.15, 0.2) is 41.0 Å². The van der Waals surface area contributed by atoms with E-state index in [0.717, 1.165) is 30.8 Å². The van der Waals surface area contributed by atoms with Gasteiger partial charge >= 0.3 is 0 Å². The van der Waals surface area contributed by atoms with Crippen molar-refractivity contribution in [2.24, 2.45) is 16.8 Å². The highest BCUT2D eigenvalue weighted by Gasteiger charge is 2.19. The summed E-state index contributed by atoms with van der Waals surface area (Å²) in [7, 11) is 1.84. The Morgan fingerprint density at radius 1 is 0.947 bits per heavy atom. The maximum absolute atomic E-state index is 4.13. The fourth-order valence-electron chi connectivity index (χ4n) is 6.41. The quantitative estimate of drug-likeness (QED) is 0.179. The first kappa shape index (κ1) is 30.9. The molecule has 2 saturated heterocycles. The SMILES string of the molecule is CCC(C=NC)=CNCN1CCC(CCc2ccc(C(CC)CCCCN3CCC(CC)CC3)cc2)CC1. The lowest BCUT2D eigenvalue weighted by Gasteiger charge is -2.32. The zero-order valence-corrected chi connectivity index (χ0v) is 25.3. The molecule has 38 heavy (non-hydrogen) atoms. The molecular weight excluding hydrogens is 464 g/mol. The minimum Gasteiger partial charge on any atom is -0.378 e. The van der Waals surface area contributed by atoms with Crippen LogP contribution in [0.5, 0.6) is 0 Å². The van der Waals surface area contributed by atoms with Gasteiger partial charge in [-0.2, -0.15) is 0 Å². The number of hydrogen-bond acceptors (Lipinski definition) is 4. The highest BCUT2D eigenvalue weighted by Crippen LogP contribution is 2.28. The van der Waals surface area contributed by atoms with Crippen LogP contribution in [0.3, 0.4) is 0 Å². The van der Waals surface area contributed by atoms with Crippen LogP contribution in [0.1, 0.15) is 108 Å². The summed E-state index contributed by atoms with van der Waals surface area (Å²) in [4.78, 5) is 9.40. The molecule has 1 aromatic rings. The minimum atomic E-state index is 0.727. The van der Waals surface area contributed by atoms with Crippen LogP contribution in [-0.2, 0) is 6.42 Å². The smallest absolute Gasteiger partial charge is 0.0673 e. The van der Waals surface area contributed by atoms with Crippen LogP contribution in [0.4, 0.5) is 0 Å². The van der Waals surface area contributed by atoms with Crippen LogP contribution in [0.2, 0.25) is 0 Å². The number of benzene rings is 1. The summed E-state index contributed by atoms with van der Waals surface area (Å²) >= 11 is 0. The summed E-state index contributed by atoms with van der Waals surface area (Å²) in [6.45, 7) is 14.3. The number of rotatable bonds is 16. The average molecular weight is 523 g/mol. The van der Waals surface area contributed by atoms with Gasteiger partial charge in [-0.1, -0.05) is 57.9 Å². The molecule has 0 aliphatic carbocycles. The highest BCUT2D eigenvalue weighted by atomic mass is 15.2. The van der Waals surface area contributed by atoms with Crippen LogP contribution in [0, 0.1) is 11.8 Å². The summed E-state index contributed by atoms with van der Waals surface area (Å²) in [5.41, 5.74) is 4.35. The standard InChI is InChI=1S/C34H58N4/c1-5-29-17-22-37(23-18-29)21-9-8-10-33(7-3)34-15-13-31(14-16-34)11-12-32-19-24-38(25-20-32)28-36-27-30(6-2)26-35-4/h13-16,26-27,29,32-33,36H,5-12,17-25,28H2,1-4H3. The Bertz CT molecular complexity index is 798. The van der Waals surface area contributed by atoms with Crippen molar-refractivity contribution in [3.8, 4) is 0 Å². The van der Waals surface area contributed by atoms with Gasteiger partial charge in [0.1, 0.15) is 0 Å². The Balaban J connectivity index is 1.30. The number of likely N-dealkylation sites (tertiary alicyclic amines) is 2. The van der Waals surface area contributed by atoms with Gasteiger partial charge < -0.3 is 10.2 Å². The first-order chi connectivity index (χ1) is 18.6. The molecule has 0 spiro atoms. The second-order valence-corrected chi connectivity index (χ2v) is 12.0. The summed E-state index contributed by atoms with van der Waals surface area (Å²) in [6.07, 6.45) is 19.9. The van der Waals surface area contributed by atoms with Gasteiger partial charge in [-0.25, -0.2) is 0 Å². The molecule has 1 aromatic carbocycles. The van der Waals surface area contributed by atoms with Gasteiger partial charge in [0.2, 0.25) is 0 Å². The normalized spacial score (nSPS) is 19.8. The predicted molar refractivity (Wildman–Crippen MR) is 166 cm³/mol. The van der Waals surface area contributed by atoms with Gasteiger partial charge in [0.15, 0.2) is 0 Å². The van der Waals surface area contributed by atoms with Crippen LogP contribution < -0.4 is 5.32 Å². The number of unbranched alkanes of at least 4 members (excludes halogenated alkanes) is 1. The number of piperidine rings is 2. The topological polar surface area (TPSA) is 30.9 Å². The Kier molecular flexibility index (Phi) is 14.5. The molecule has 4 heteroatoms. The van der Waals surface area contributed by atoms with E-state index in [-0.39, 0.29) is 0 Å². The predicted octanol–water partition coefficient (Wildman–Crippen LogP) is 7.66. The lowest BCUT2D eigenvalue weighted by Crippen LogP contribution is -2.38. The lowest BCUT2D eigenvalue weighted by molar-refractivity contribution is 0.174. The molecule has 0 bridgehead atoms. The van der Waals surface area contributed by atoms with Crippen molar-refractivity contribution in [1.82, 2.24) is 15.1 Å². The third-order valence-electron chi connectivity index (χ3n) is 9.36. The minimum absolute atomic E-state index is 0.727. The average Bonchev–Trinajstić information content (AvgIpc) is 2.97. The first-order valence-corrected chi connectivity index (χ1v) is 16.0. The molecule has 2 aliphatic heterocycles. The Morgan fingerprint density at radius 2 is 1.63 bits per heavy atom. The van der Waals surface area contributed by atoms with Gasteiger partial charge in [-0.05, 0) is 118 Å². The van der Waals surface area contributed by atoms with Crippen molar-refractivity contribution in [2.45, 2.75) is 104 Å². The van der Waals surface area contributed by atoms with Crippen molar-refractivity contribution in [2.75, 3.05) is 46.4 Å². The Labute approximate surface area is 235 Å². The van der Waals surface area contributed by atoms with Crippen molar-refractivity contribution in [3.05, 3.63) is 47.2 Å². The molecule has 1 N–H and O–H groups in total. The molecule has 214 valence electrons. The molecular formula is C34H58N4. The molecule has 2 aliphatic rings. The van der Waals surface area contributed by atoms with E-state index in [9.17, 15) is 0 Å². The van der Waals surface area contributed by atoms with Gasteiger partial charge in [0, 0.05) is 32.6 Å². The van der Waals surface area contributed by atoms with Gasteiger partial charge in [-0.3, -0.25) is 9.89 Å². The van der Waals surface area contributed by atoms with Crippen LogP contribution in [0.25, 0.3) is 0 Å². The van der Waals surface area contributed by atoms with E-state index in [1.165, 1.54) is 114 Å². The van der Waals surface area contributed by atoms with E-state index in [2.05, 4.69) is 71.3 Å². The second-order valence-electron chi connectivity index (χ2n) is 12.0. The molecule has 2 heterocycles. The summed E-state index contributed by atoms with van der Waals surface area (Å²) < 4.78 is 0. The van der Waals surface area contributed by atoms with Crippen molar-refractivity contribution < 1.29 is 0 Å². The summed E-state index contributed by atoms with van der Waals surface area (Å²) in [5, 5.41) is 3.49. The van der Waals surface area contributed by atoms with Crippen LogP contribution >= 0.6 is 0 Å². The number of nitrogens with one attached hydrogen (secondary N) is 1. The molecule has 0 amide bonds. The zero-order chi connectivity index (χ0) is 27.0. The van der Waals surface area contributed by atoms with Crippen molar-refractivity contribution >= 4 is 6.21 Å². The van der Waals surface area contributed by atoms with Crippen molar-refractivity contribution in [1.29, 1.82) is 0 Å². The van der Waals surface area contributed by atoms with E-state index in [4.69, 9.17) is 0 Å². The van der Waals surface area contributed by atoms with Crippen molar-refractivity contribution in [3.63, 3.8) is 0 Å². The Hall–Kier alpha value is -1.65. The fraction of sp³-hybridized carbons (Fsp3) is 0.735. The van der Waals surface area contributed by atoms with E-state index < -0.39 is 0 Å². The van der Waals surface area contributed by atoms with Gasteiger partial charge in [-0.15, -0.1) is 0 Å². The maximum Gasteiger partial charge on any atom is 0.0673 e. The molecule has 0 radical (unpaired) electrons. The third kappa shape index (κ3) is 10.8. The molecule has 1 atom stereocenters. The van der Waals surface area contributed by atoms with Crippen LogP contribution in [-0.4, -0.2) is 62.5 Å². The number of hydrogen-bond donors (Lipinski definition) is 1. The Morgan fingerprint density at radius 3 is 2.26 bits per heavy atom. The molecule has 3 rings (SSSR count). The van der Waals surface area contributed by atoms with E-state index in [1.54, 1.807) is 5.56 Å². The van der Waals surface area contributed by atoms with E-state index >= 15 is 0 Å². The molecule has 0 aromatic heterocycles. The zero-order valence-electron chi connectivity index (χ0n) is 25.3. The number of aryl methyl sites for hydroxylation is 1. The maximum atomic E-state index is 4.13. The largest absolute Gasteiger partial charge is 0.378 e. The fourth-order valence-corrected chi connectivity index (χ4v) is 6.41. The molecule has 1 unspecified atom stereocenters. The molecule has 4 nitrogen and oxygen atoms in total. The van der Waals surface area contributed by atoms with Gasteiger partial charge in [0.05, 0.1) is 6.67 Å². The van der Waals surface area contributed by atoms with E-state index in [0.29, 0.717) is 0 Å². The monoisotopic (exact) mass is 522 g/mol. The second kappa shape index (κ2) is 17.8.